The number of pyridine rings is 1. The highest BCUT2D eigenvalue weighted by molar-refractivity contribution is 7.89. The summed E-state index contributed by atoms with van der Waals surface area (Å²) in [4.78, 5) is 15.2. The maximum Gasteiger partial charge on any atom is 0.243 e. The number of sulfonamides is 1. The third-order valence-corrected chi connectivity index (χ3v) is 7.27. The predicted molar refractivity (Wildman–Crippen MR) is 121 cm³/mol. The maximum absolute atomic E-state index is 13.4. The zero-order valence-electron chi connectivity index (χ0n) is 17.6. The summed E-state index contributed by atoms with van der Waals surface area (Å²) in [7, 11) is -3.77. The van der Waals surface area contributed by atoms with Crippen molar-refractivity contribution in [3.8, 4) is 0 Å². The van der Waals surface area contributed by atoms with Gasteiger partial charge in [0.2, 0.25) is 10.0 Å². The molecule has 3 aromatic rings. The van der Waals surface area contributed by atoms with Crippen molar-refractivity contribution in [3.05, 3.63) is 64.8 Å². The molecular weight excluding hydrogens is 455 g/mol. The lowest BCUT2D eigenvalue weighted by Crippen LogP contribution is -2.49. The van der Waals surface area contributed by atoms with Gasteiger partial charge < -0.3 is 10.2 Å². The van der Waals surface area contributed by atoms with Crippen molar-refractivity contribution in [2.45, 2.75) is 18.7 Å². The minimum Gasteiger partial charge on any atom is -0.354 e. The zero-order chi connectivity index (χ0) is 22.9. The molecule has 0 radical (unpaired) electrons. The summed E-state index contributed by atoms with van der Waals surface area (Å²) in [6.07, 6.45) is 1.72. The number of aryl methyl sites for hydroxylation is 2. The van der Waals surface area contributed by atoms with Gasteiger partial charge in [-0.1, -0.05) is 11.6 Å². The lowest BCUT2D eigenvalue weighted by Gasteiger charge is -2.34. The molecule has 168 valence electrons. The Bertz CT molecular complexity index is 1250. The molecule has 0 amide bonds. The average Bonchev–Trinajstić information content (AvgIpc) is 2.75. The van der Waals surface area contributed by atoms with Gasteiger partial charge in [0.05, 0.1) is 9.92 Å². The lowest BCUT2D eigenvalue weighted by atomic mass is 10.3. The van der Waals surface area contributed by atoms with E-state index in [9.17, 15) is 12.8 Å². The van der Waals surface area contributed by atoms with Crippen LogP contribution in [0.1, 0.15) is 11.4 Å². The first-order chi connectivity index (χ1) is 15.2. The average molecular weight is 477 g/mol. The normalized spacial score (nSPS) is 15.1. The highest BCUT2D eigenvalue weighted by Crippen LogP contribution is 2.25. The van der Waals surface area contributed by atoms with Gasteiger partial charge in [0, 0.05) is 38.4 Å². The Balaban J connectivity index is 1.48. The van der Waals surface area contributed by atoms with Gasteiger partial charge in [0.25, 0.3) is 0 Å². The first-order valence-corrected chi connectivity index (χ1v) is 11.8. The SMILES string of the molecule is Cc1ccnc(Nc2cc(N3CCN(S(=O)(=O)c4ccc(F)c(Cl)c4)CC3)nc(C)n2)c1. The molecule has 1 saturated heterocycles. The second-order valence-electron chi connectivity index (χ2n) is 7.47. The van der Waals surface area contributed by atoms with Gasteiger partial charge in [0.15, 0.2) is 0 Å². The molecule has 1 aromatic carbocycles. The molecule has 1 aliphatic heterocycles. The summed E-state index contributed by atoms with van der Waals surface area (Å²) >= 11 is 5.77. The van der Waals surface area contributed by atoms with Crippen LogP contribution in [0.15, 0.2) is 47.5 Å². The van der Waals surface area contributed by atoms with Crippen molar-refractivity contribution in [1.82, 2.24) is 19.3 Å². The molecular formula is C21H22ClFN6O2S. The van der Waals surface area contributed by atoms with Crippen LogP contribution < -0.4 is 10.2 Å². The molecule has 1 N–H and O–H groups in total. The molecule has 11 heteroatoms. The lowest BCUT2D eigenvalue weighted by molar-refractivity contribution is 0.383. The van der Waals surface area contributed by atoms with E-state index >= 15 is 0 Å². The number of hydrogen-bond acceptors (Lipinski definition) is 7. The van der Waals surface area contributed by atoms with Crippen LogP contribution in [0.3, 0.4) is 0 Å². The second-order valence-corrected chi connectivity index (χ2v) is 9.81. The van der Waals surface area contributed by atoms with Gasteiger partial charge in [-0.05, 0) is 49.7 Å². The topological polar surface area (TPSA) is 91.3 Å². The molecule has 4 rings (SSSR count). The zero-order valence-corrected chi connectivity index (χ0v) is 19.2. The van der Waals surface area contributed by atoms with Crippen LogP contribution in [0.25, 0.3) is 0 Å². The third-order valence-electron chi connectivity index (χ3n) is 5.09. The van der Waals surface area contributed by atoms with E-state index in [4.69, 9.17) is 11.6 Å². The van der Waals surface area contributed by atoms with Gasteiger partial charge in [-0.3, -0.25) is 0 Å². The monoisotopic (exact) mass is 476 g/mol. The fourth-order valence-corrected chi connectivity index (χ4v) is 5.15. The molecule has 0 aliphatic carbocycles. The second kappa shape index (κ2) is 8.97. The Morgan fingerprint density at radius 3 is 2.44 bits per heavy atom. The molecule has 3 heterocycles. The van der Waals surface area contributed by atoms with Gasteiger partial charge in [-0.2, -0.15) is 4.31 Å². The molecule has 0 unspecified atom stereocenters. The number of aromatic nitrogens is 3. The quantitative estimate of drug-likeness (QED) is 0.602. The van der Waals surface area contributed by atoms with Crippen LogP contribution in [0.4, 0.5) is 21.8 Å². The highest BCUT2D eigenvalue weighted by atomic mass is 35.5. The predicted octanol–water partition coefficient (Wildman–Crippen LogP) is 3.54. The largest absolute Gasteiger partial charge is 0.354 e. The Morgan fingerprint density at radius 2 is 1.75 bits per heavy atom. The number of rotatable bonds is 5. The van der Waals surface area contributed by atoms with Crippen LogP contribution in [-0.4, -0.2) is 53.9 Å². The van der Waals surface area contributed by atoms with Crippen molar-refractivity contribution in [1.29, 1.82) is 0 Å². The molecule has 1 fully saturated rings. The maximum atomic E-state index is 13.4. The van der Waals surface area contributed by atoms with E-state index in [1.54, 1.807) is 13.1 Å². The number of piperazine rings is 1. The van der Waals surface area contributed by atoms with Crippen LogP contribution in [0.5, 0.6) is 0 Å². The molecule has 0 atom stereocenters. The van der Waals surface area contributed by atoms with Crippen molar-refractivity contribution in [2.24, 2.45) is 0 Å². The number of benzene rings is 1. The van der Waals surface area contributed by atoms with Crippen molar-refractivity contribution in [3.63, 3.8) is 0 Å². The fourth-order valence-electron chi connectivity index (χ4n) is 3.46. The Labute approximate surface area is 191 Å². The molecule has 0 bridgehead atoms. The van der Waals surface area contributed by atoms with Crippen LogP contribution in [0, 0.1) is 19.7 Å². The van der Waals surface area contributed by atoms with Crippen LogP contribution in [0.2, 0.25) is 5.02 Å². The van der Waals surface area contributed by atoms with Gasteiger partial charge in [-0.25, -0.2) is 27.8 Å². The van der Waals surface area contributed by atoms with Crippen molar-refractivity contribution < 1.29 is 12.8 Å². The summed E-state index contributed by atoms with van der Waals surface area (Å²) in [6, 6.07) is 9.09. The molecule has 0 saturated carbocycles. The third kappa shape index (κ3) is 4.82. The van der Waals surface area contributed by atoms with Crippen molar-refractivity contribution in [2.75, 3.05) is 36.4 Å². The van der Waals surface area contributed by atoms with E-state index in [0.717, 1.165) is 17.7 Å². The molecule has 8 nitrogen and oxygen atoms in total. The number of nitrogens with one attached hydrogen (secondary N) is 1. The minimum atomic E-state index is -3.77. The summed E-state index contributed by atoms with van der Waals surface area (Å²) in [5.41, 5.74) is 1.08. The fraction of sp³-hybridized carbons (Fsp3) is 0.286. The summed E-state index contributed by atoms with van der Waals surface area (Å²) < 4.78 is 40.6. The molecule has 0 spiro atoms. The first-order valence-electron chi connectivity index (χ1n) is 9.98. The number of halogens is 2. The summed E-state index contributed by atoms with van der Waals surface area (Å²) in [6.45, 7) is 5.22. The van der Waals surface area contributed by atoms with Gasteiger partial charge >= 0.3 is 0 Å². The number of hydrogen-bond donors (Lipinski definition) is 1. The van der Waals surface area contributed by atoms with Crippen LogP contribution >= 0.6 is 11.6 Å². The van der Waals surface area contributed by atoms with E-state index in [2.05, 4.69) is 20.3 Å². The smallest absolute Gasteiger partial charge is 0.243 e. The first kappa shape index (κ1) is 22.4. The number of anilines is 3. The van der Waals surface area contributed by atoms with Gasteiger partial charge in [0.1, 0.15) is 29.1 Å². The molecule has 2 aromatic heterocycles. The van der Waals surface area contributed by atoms with E-state index < -0.39 is 15.8 Å². The van der Waals surface area contributed by atoms with E-state index in [1.165, 1.54) is 10.4 Å². The summed E-state index contributed by atoms with van der Waals surface area (Å²) in [5, 5.41) is 2.97. The summed E-state index contributed by atoms with van der Waals surface area (Å²) in [5.74, 6) is 1.94. The molecule has 32 heavy (non-hydrogen) atoms. The van der Waals surface area contributed by atoms with E-state index in [-0.39, 0.29) is 23.0 Å². The van der Waals surface area contributed by atoms with Crippen LogP contribution in [-0.2, 0) is 10.0 Å². The van der Waals surface area contributed by atoms with E-state index in [1.807, 2.05) is 30.0 Å². The van der Waals surface area contributed by atoms with Gasteiger partial charge in [-0.15, -0.1) is 0 Å². The highest BCUT2D eigenvalue weighted by Gasteiger charge is 2.29. The number of nitrogens with zero attached hydrogens (tertiary/aromatic N) is 5. The Hall–Kier alpha value is -2.82. The minimum absolute atomic E-state index is 0.0210. The Morgan fingerprint density at radius 1 is 1.00 bits per heavy atom. The van der Waals surface area contributed by atoms with E-state index in [0.29, 0.717) is 36.4 Å². The van der Waals surface area contributed by atoms with Crippen molar-refractivity contribution >= 4 is 39.1 Å². The standard InChI is InChI=1S/C21H22ClFN6O2S/c1-14-5-6-24-19(11-14)27-20-13-21(26-15(2)25-20)28-7-9-29(10-8-28)32(30,31)16-3-4-18(23)17(22)12-16/h3-6,11-13H,7-10H2,1-2H3,(H,24,25,26,27). The Kier molecular flexibility index (Phi) is 6.27. The molecule has 1 aliphatic rings.